The Balaban J connectivity index is 1.69. The molecule has 1 fully saturated rings. The van der Waals surface area contributed by atoms with Crippen LogP contribution in [0.1, 0.15) is 24.5 Å². The molecule has 1 amide bonds. The highest BCUT2D eigenvalue weighted by Gasteiger charge is 2.49. The average Bonchev–Trinajstić information content (AvgIpc) is 2.60. The summed E-state index contributed by atoms with van der Waals surface area (Å²) in [4.78, 5) is 25.1. The van der Waals surface area contributed by atoms with Crippen LogP contribution in [0.25, 0.3) is 11.1 Å². The number of carbonyl (C=O) groups is 2. The lowest BCUT2D eigenvalue weighted by Gasteiger charge is -2.47. The predicted octanol–water partition coefficient (Wildman–Crippen LogP) is 2.84. The summed E-state index contributed by atoms with van der Waals surface area (Å²) in [6, 6.07) is 17.0. The third kappa shape index (κ3) is 3.11. The molecule has 5 heteroatoms. The minimum Gasteiger partial charge on any atom is -0.480 e. The Hall–Kier alpha value is -3.13. The van der Waals surface area contributed by atoms with Crippen molar-refractivity contribution >= 4 is 11.9 Å². The lowest BCUT2D eigenvalue weighted by atomic mass is 9.86. The van der Waals surface area contributed by atoms with Gasteiger partial charge in [0.2, 0.25) is 5.91 Å². The number of nitriles is 1. The van der Waals surface area contributed by atoms with Gasteiger partial charge in [-0.3, -0.25) is 4.79 Å². The molecule has 0 aliphatic carbocycles. The van der Waals surface area contributed by atoms with E-state index in [1.807, 2.05) is 36.4 Å². The van der Waals surface area contributed by atoms with Gasteiger partial charge in [-0.15, -0.1) is 0 Å². The van der Waals surface area contributed by atoms with Crippen LogP contribution in [0.15, 0.2) is 48.5 Å². The molecule has 0 bridgehead atoms. The Morgan fingerprint density at radius 2 is 1.68 bits per heavy atom. The SMILES string of the molecule is CC1(C(=O)O)CCN1C(=O)Cc1ccc(-c2ccc(C#N)cc2)cc1. The minimum atomic E-state index is -1.07. The maximum Gasteiger partial charge on any atom is 0.329 e. The molecule has 1 heterocycles. The van der Waals surface area contributed by atoms with E-state index in [1.54, 1.807) is 19.1 Å². The Morgan fingerprint density at radius 3 is 2.12 bits per heavy atom. The molecule has 1 aliphatic heterocycles. The van der Waals surface area contributed by atoms with E-state index < -0.39 is 11.5 Å². The van der Waals surface area contributed by atoms with Crippen LogP contribution in [0.2, 0.25) is 0 Å². The first-order valence-electron chi connectivity index (χ1n) is 8.07. The van der Waals surface area contributed by atoms with Crippen LogP contribution in [-0.4, -0.2) is 34.0 Å². The molecular weight excluding hydrogens is 316 g/mol. The molecule has 5 nitrogen and oxygen atoms in total. The molecule has 0 aromatic heterocycles. The van der Waals surface area contributed by atoms with Crippen LogP contribution in [0.4, 0.5) is 0 Å². The van der Waals surface area contributed by atoms with E-state index >= 15 is 0 Å². The quantitative estimate of drug-likeness (QED) is 0.932. The molecule has 3 rings (SSSR count). The number of amides is 1. The molecule has 1 unspecified atom stereocenters. The van der Waals surface area contributed by atoms with Crippen molar-refractivity contribution in [2.24, 2.45) is 0 Å². The van der Waals surface area contributed by atoms with E-state index in [0.717, 1.165) is 16.7 Å². The van der Waals surface area contributed by atoms with Gasteiger partial charge >= 0.3 is 5.97 Å². The molecule has 1 saturated heterocycles. The van der Waals surface area contributed by atoms with Gasteiger partial charge in [0.05, 0.1) is 18.1 Å². The molecule has 25 heavy (non-hydrogen) atoms. The fourth-order valence-corrected chi connectivity index (χ4v) is 3.00. The first-order valence-corrected chi connectivity index (χ1v) is 8.07. The molecule has 0 radical (unpaired) electrons. The second-order valence-electron chi connectivity index (χ2n) is 6.44. The summed E-state index contributed by atoms with van der Waals surface area (Å²) in [6.45, 7) is 2.08. The molecule has 1 atom stereocenters. The number of hydrogen-bond acceptors (Lipinski definition) is 3. The number of carboxylic acid groups (broad SMARTS) is 1. The third-order valence-electron chi connectivity index (χ3n) is 4.84. The van der Waals surface area contributed by atoms with Gasteiger partial charge in [-0.05, 0) is 42.2 Å². The number of aliphatic carboxylic acids is 1. The molecule has 0 saturated carbocycles. The van der Waals surface area contributed by atoms with Gasteiger partial charge in [0.25, 0.3) is 0 Å². The van der Waals surface area contributed by atoms with Crippen molar-refractivity contribution in [1.29, 1.82) is 5.26 Å². The van der Waals surface area contributed by atoms with Gasteiger partial charge in [-0.25, -0.2) is 4.79 Å². The van der Waals surface area contributed by atoms with Crippen LogP contribution in [0.3, 0.4) is 0 Å². The lowest BCUT2D eigenvalue weighted by molar-refractivity contribution is -0.168. The highest BCUT2D eigenvalue weighted by Crippen LogP contribution is 2.31. The Labute approximate surface area is 146 Å². The average molecular weight is 334 g/mol. The van der Waals surface area contributed by atoms with E-state index in [9.17, 15) is 14.7 Å². The Kier molecular flexibility index (Phi) is 4.28. The number of hydrogen-bond donors (Lipinski definition) is 1. The summed E-state index contributed by atoms with van der Waals surface area (Å²) in [5, 5.41) is 18.1. The normalized spacial score (nSPS) is 19.0. The standard InChI is InChI=1S/C20H18N2O3/c1-20(19(24)25)10-11-22(20)18(23)12-14-2-6-16(7-3-14)17-8-4-15(13-21)5-9-17/h2-9H,10-12H2,1H3,(H,24,25). The summed E-state index contributed by atoms with van der Waals surface area (Å²) in [5.74, 6) is -1.12. The summed E-state index contributed by atoms with van der Waals surface area (Å²) in [7, 11) is 0. The highest BCUT2D eigenvalue weighted by atomic mass is 16.4. The van der Waals surface area contributed by atoms with E-state index in [-0.39, 0.29) is 12.3 Å². The fourth-order valence-electron chi connectivity index (χ4n) is 3.00. The van der Waals surface area contributed by atoms with Gasteiger partial charge in [-0.2, -0.15) is 5.26 Å². The van der Waals surface area contributed by atoms with E-state index in [1.165, 1.54) is 4.90 Å². The number of carboxylic acids is 1. The zero-order valence-electron chi connectivity index (χ0n) is 13.9. The summed E-state index contributed by atoms with van der Waals surface area (Å²) < 4.78 is 0. The molecule has 2 aromatic rings. The summed E-state index contributed by atoms with van der Waals surface area (Å²) in [5.41, 5.74) is 2.39. The topological polar surface area (TPSA) is 81.4 Å². The van der Waals surface area contributed by atoms with Gasteiger partial charge < -0.3 is 10.0 Å². The zero-order valence-corrected chi connectivity index (χ0v) is 13.9. The summed E-state index contributed by atoms with van der Waals surface area (Å²) >= 11 is 0. The number of nitrogens with zero attached hydrogens (tertiary/aromatic N) is 2. The van der Waals surface area contributed by atoms with E-state index in [0.29, 0.717) is 18.5 Å². The van der Waals surface area contributed by atoms with Crippen molar-refractivity contribution in [3.8, 4) is 17.2 Å². The minimum absolute atomic E-state index is 0.165. The van der Waals surface area contributed by atoms with Crippen molar-refractivity contribution in [2.45, 2.75) is 25.3 Å². The maximum atomic E-state index is 12.4. The van der Waals surface area contributed by atoms with Crippen molar-refractivity contribution in [2.75, 3.05) is 6.54 Å². The van der Waals surface area contributed by atoms with Crippen molar-refractivity contribution in [1.82, 2.24) is 4.90 Å². The second-order valence-corrected chi connectivity index (χ2v) is 6.44. The lowest BCUT2D eigenvalue weighted by Crippen LogP contribution is -2.64. The van der Waals surface area contributed by atoms with Crippen molar-refractivity contribution in [3.05, 3.63) is 59.7 Å². The molecular formula is C20H18N2O3. The van der Waals surface area contributed by atoms with E-state index in [2.05, 4.69) is 6.07 Å². The van der Waals surface area contributed by atoms with Crippen molar-refractivity contribution in [3.63, 3.8) is 0 Å². The summed E-state index contributed by atoms with van der Waals surface area (Å²) in [6.07, 6.45) is 0.683. The molecule has 2 aromatic carbocycles. The molecule has 126 valence electrons. The first kappa shape index (κ1) is 16.7. The number of likely N-dealkylation sites (tertiary alicyclic amines) is 1. The number of carbonyl (C=O) groups excluding carboxylic acids is 1. The molecule has 0 spiro atoms. The largest absolute Gasteiger partial charge is 0.480 e. The van der Waals surface area contributed by atoms with Gasteiger partial charge in [0.1, 0.15) is 5.54 Å². The van der Waals surface area contributed by atoms with Crippen LogP contribution in [0.5, 0.6) is 0 Å². The van der Waals surface area contributed by atoms with Crippen molar-refractivity contribution < 1.29 is 14.7 Å². The monoisotopic (exact) mass is 334 g/mol. The van der Waals surface area contributed by atoms with Crippen LogP contribution in [-0.2, 0) is 16.0 Å². The van der Waals surface area contributed by atoms with Crippen LogP contribution < -0.4 is 0 Å². The third-order valence-corrected chi connectivity index (χ3v) is 4.84. The van der Waals surface area contributed by atoms with Crippen LogP contribution in [0, 0.1) is 11.3 Å². The maximum absolute atomic E-state index is 12.4. The predicted molar refractivity (Wildman–Crippen MR) is 92.7 cm³/mol. The second kappa shape index (κ2) is 6.40. The Bertz CT molecular complexity index is 850. The number of rotatable bonds is 4. The first-order chi connectivity index (χ1) is 11.9. The van der Waals surface area contributed by atoms with E-state index in [4.69, 9.17) is 5.26 Å². The molecule has 1 aliphatic rings. The van der Waals surface area contributed by atoms with Gasteiger partial charge in [0, 0.05) is 6.54 Å². The molecule has 1 N–H and O–H groups in total. The zero-order chi connectivity index (χ0) is 18.0. The highest BCUT2D eigenvalue weighted by molar-refractivity contribution is 5.89. The fraction of sp³-hybridized carbons (Fsp3) is 0.250. The van der Waals surface area contributed by atoms with Gasteiger partial charge in [-0.1, -0.05) is 36.4 Å². The number of benzene rings is 2. The smallest absolute Gasteiger partial charge is 0.329 e. The van der Waals surface area contributed by atoms with Crippen LogP contribution >= 0.6 is 0 Å². The Morgan fingerprint density at radius 1 is 1.12 bits per heavy atom. The van der Waals surface area contributed by atoms with Gasteiger partial charge in [0.15, 0.2) is 0 Å².